The summed E-state index contributed by atoms with van der Waals surface area (Å²) in [5, 5.41) is 0.632. The number of methoxy groups -OCH3 is 1. The molecule has 1 aromatic rings. The van der Waals surface area contributed by atoms with E-state index in [4.69, 9.17) is 16.3 Å². The first-order chi connectivity index (χ1) is 6.97. The van der Waals surface area contributed by atoms with Gasteiger partial charge in [0.15, 0.2) is 0 Å². The van der Waals surface area contributed by atoms with Crippen LogP contribution >= 0.6 is 11.6 Å². The van der Waals surface area contributed by atoms with Gasteiger partial charge in [-0.05, 0) is 31.9 Å². The summed E-state index contributed by atoms with van der Waals surface area (Å²) in [5.41, 5.74) is 2.78. The zero-order valence-corrected chi connectivity index (χ0v) is 10.2. The van der Waals surface area contributed by atoms with Crippen molar-refractivity contribution in [2.24, 2.45) is 0 Å². The van der Waals surface area contributed by atoms with Gasteiger partial charge in [0.25, 0.3) is 0 Å². The Kier molecular flexibility index (Phi) is 3.75. The molecule has 0 aromatic heterocycles. The molecule has 3 heteroatoms. The fourth-order valence-electron chi connectivity index (χ4n) is 1.72. The van der Waals surface area contributed by atoms with Gasteiger partial charge in [0, 0.05) is 12.0 Å². The van der Waals surface area contributed by atoms with Crippen LogP contribution in [0, 0.1) is 13.8 Å². The molecule has 0 aliphatic carbocycles. The number of benzene rings is 1. The number of carbonyl (C=O) groups excluding carboxylic acids is 1. The van der Waals surface area contributed by atoms with E-state index in [-0.39, 0.29) is 5.78 Å². The van der Waals surface area contributed by atoms with Crippen LogP contribution in [0.5, 0.6) is 5.75 Å². The van der Waals surface area contributed by atoms with Crippen LogP contribution in [0.25, 0.3) is 0 Å². The van der Waals surface area contributed by atoms with Crippen molar-refractivity contribution in [2.75, 3.05) is 7.11 Å². The molecule has 0 radical (unpaired) electrons. The van der Waals surface area contributed by atoms with Crippen molar-refractivity contribution in [3.8, 4) is 5.75 Å². The smallest absolute Gasteiger partial charge is 0.134 e. The molecule has 0 fully saturated rings. The second kappa shape index (κ2) is 4.67. The summed E-state index contributed by atoms with van der Waals surface area (Å²) in [6.45, 7) is 5.43. The maximum Gasteiger partial charge on any atom is 0.134 e. The lowest BCUT2D eigenvalue weighted by Gasteiger charge is -2.14. The number of ketones is 1. The Hall–Kier alpha value is -1.02. The predicted molar refractivity (Wildman–Crippen MR) is 61.9 cm³/mol. The lowest BCUT2D eigenvalue weighted by Crippen LogP contribution is -2.03. The Morgan fingerprint density at radius 3 is 2.47 bits per heavy atom. The van der Waals surface area contributed by atoms with Crippen LogP contribution in [0.2, 0.25) is 5.02 Å². The van der Waals surface area contributed by atoms with Crippen LogP contribution in [-0.2, 0) is 11.2 Å². The maximum atomic E-state index is 11.1. The topological polar surface area (TPSA) is 26.3 Å². The van der Waals surface area contributed by atoms with Crippen molar-refractivity contribution >= 4 is 17.4 Å². The summed E-state index contributed by atoms with van der Waals surface area (Å²) in [7, 11) is 1.59. The first-order valence-electron chi connectivity index (χ1n) is 4.79. The van der Waals surface area contributed by atoms with Crippen LogP contribution in [0.1, 0.15) is 23.6 Å². The average Bonchev–Trinajstić information content (AvgIpc) is 2.13. The second-order valence-corrected chi connectivity index (χ2v) is 4.09. The van der Waals surface area contributed by atoms with Gasteiger partial charge >= 0.3 is 0 Å². The standard InChI is InChI=1S/C12H15ClO2/c1-7-5-8(2)12(15-4)10(11(7)13)6-9(3)14/h5H,6H2,1-4H3. The lowest BCUT2D eigenvalue weighted by molar-refractivity contribution is -0.116. The number of Topliss-reactive ketones (excluding diaryl/α,β-unsaturated/α-hetero) is 1. The van der Waals surface area contributed by atoms with Crippen LogP contribution in [0.3, 0.4) is 0 Å². The fraction of sp³-hybridized carbons (Fsp3) is 0.417. The van der Waals surface area contributed by atoms with E-state index in [0.29, 0.717) is 11.4 Å². The van der Waals surface area contributed by atoms with Gasteiger partial charge < -0.3 is 4.74 Å². The molecule has 0 bridgehead atoms. The summed E-state index contributed by atoms with van der Waals surface area (Å²) >= 11 is 6.16. The molecule has 1 aromatic carbocycles. The molecule has 0 unspecified atom stereocenters. The van der Waals surface area contributed by atoms with Crippen molar-refractivity contribution in [3.63, 3.8) is 0 Å². The van der Waals surface area contributed by atoms with E-state index in [1.807, 2.05) is 19.9 Å². The molecule has 0 saturated carbocycles. The van der Waals surface area contributed by atoms with Gasteiger partial charge in [-0.1, -0.05) is 17.7 Å². The van der Waals surface area contributed by atoms with Gasteiger partial charge in [-0.2, -0.15) is 0 Å². The normalized spacial score (nSPS) is 10.2. The molecule has 0 atom stereocenters. The van der Waals surface area contributed by atoms with E-state index in [9.17, 15) is 4.79 Å². The largest absolute Gasteiger partial charge is 0.496 e. The average molecular weight is 227 g/mol. The summed E-state index contributed by atoms with van der Waals surface area (Å²) < 4.78 is 5.28. The van der Waals surface area contributed by atoms with E-state index in [2.05, 4.69) is 0 Å². The first kappa shape index (κ1) is 12.1. The molecule has 0 heterocycles. The van der Waals surface area contributed by atoms with Crippen molar-refractivity contribution in [1.29, 1.82) is 0 Å². The third-order valence-electron chi connectivity index (χ3n) is 2.31. The van der Waals surface area contributed by atoms with E-state index < -0.39 is 0 Å². The summed E-state index contributed by atoms with van der Waals surface area (Å²) in [4.78, 5) is 11.1. The molecular formula is C12H15ClO2. The van der Waals surface area contributed by atoms with Gasteiger partial charge in [0.05, 0.1) is 12.1 Å². The Balaban J connectivity index is 3.36. The molecule has 0 N–H and O–H groups in total. The lowest BCUT2D eigenvalue weighted by atomic mass is 10.0. The summed E-state index contributed by atoms with van der Waals surface area (Å²) in [6.07, 6.45) is 0.324. The first-order valence-corrected chi connectivity index (χ1v) is 5.17. The maximum absolute atomic E-state index is 11.1. The van der Waals surface area contributed by atoms with Crippen molar-refractivity contribution < 1.29 is 9.53 Å². The van der Waals surface area contributed by atoms with Gasteiger partial charge in [-0.3, -0.25) is 4.79 Å². The monoisotopic (exact) mass is 226 g/mol. The van der Waals surface area contributed by atoms with Crippen molar-refractivity contribution in [2.45, 2.75) is 27.2 Å². The minimum atomic E-state index is 0.0835. The SMILES string of the molecule is COc1c(C)cc(C)c(Cl)c1CC(C)=O. The molecule has 1 rings (SSSR count). The number of rotatable bonds is 3. The van der Waals surface area contributed by atoms with Crippen LogP contribution in [0.4, 0.5) is 0 Å². The fourth-order valence-corrected chi connectivity index (χ4v) is 1.93. The highest BCUT2D eigenvalue weighted by Gasteiger charge is 2.14. The molecule has 82 valence electrons. The van der Waals surface area contributed by atoms with E-state index >= 15 is 0 Å². The number of halogens is 1. The third kappa shape index (κ3) is 2.51. The number of ether oxygens (including phenoxy) is 1. The summed E-state index contributed by atoms with van der Waals surface area (Å²) in [6, 6.07) is 1.96. The van der Waals surface area contributed by atoms with Gasteiger partial charge in [-0.25, -0.2) is 0 Å². The molecule has 0 spiro atoms. The quantitative estimate of drug-likeness (QED) is 0.792. The van der Waals surface area contributed by atoms with Gasteiger partial charge in [0.1, 0.15) is 11.5 Å². The molecular weight excluding hydrogens is 212 g/mol. The van der Waals surface area contributed by atoms with E-state index in [0.717, 1.165) is 22.4 Å². The third-order valence-corrected chi connectivity index (χ3v) is 2.83. The Morgan fingerprint density at radius 2 is 2.00 bits per heavy atom. The molecule has 0 saturated heterocycles. The van der Waals surface area contributed by atoms with Crippen LogP contribution in [-0.4, -0.2) is 12.9 Å². The minimum absolute atomic E-state index is 0.0835. The molecule has 2 nitrogen and oxygen atoms in total. The van der Waals surface area contributed by atoms with Gasteiger partial charge in [0.2, 0.25) is 0 Å². The molecule has 0 aliphatic rings. The predicted octanol–water partition coefficient (Wildman–Crippen LogP) is 3.10. The molecule has 0 aliphatic heterocycles. The Morgan fingerprint density at radius 1 is 1.40 bits per heavy atom. The molecule has 0 amide bonds. The van der Waals surface area contributed by atoms with E-state index in [1.54, 1.807) is 14.0 Å². The number of hydrogen-bond acceptors (Lipinski definition) is 2. The zero-order valence-electron chi connectivity index (χ0n) is 9.48. The number of aryl methyl sites for hydroxylation is 2. The van der Waals surface area contributed by atoms with E-state index in [1.165, 1.54) is 0 Å². The Bertz CT molecular complexity index is 397. The number of carbonyl (C=O) groups is 1. The highest BCUT2D eigenvalue weighted by atomic mass is 35.5. The highest BCUT2D eigenvalue weighted by Crippen LogP contribution is 2.33. The zero-order chi connectivity index (χ0) is 11.6. The van der Waals surface area contributed by atoms with Crippen LogP contribution in [0.15, 0.2) is 6.07 Å². The summed E-state index contributed by atoms with van der Waals surface area (Å²) in [5.74, 6) is 0.806. The van der Waals surface area contributed by atoms with Gasteiger partial charge in [-0.15, -0.1) is 0 Å². The van der Waals surface area contributed by atoms with Crippen LogP contribution < -0.4 is 4.74 Å². The Labute approximate surface area is 95.2 Å². The minimum Gasteiger partial charge on any atom is -0.496 e. The molecule has 15 heavy (non-hydrogen) atoms. The number of hydrogen-bond donors (Lipinski definition) is 0. The van der Waals surface area contributed by atoms with Crippen molar-refractivity contribution in [3.05, 3.63) is 27.8 Å². The highest BCUT2D eigenvalue weighted by molar-refractivity contribution is 6.32. The van der Waals surface area contributed by atoms with Crippen molar-refractivity contribution in [1.82, 2.24) is 0 Å². The second-order valence-electron chi connectivity index (χ2n) is 3.71.